The van der Waals surface area contributed by atoms with E-state index < -0.39 is 18.1 Å². The van der Waals surface area contributed by atoms with Gasteiger partial charge in [-0.1, -0.05) is 30.3 Å². The number of hydrogen-bond donors (Lipinski definition) is 4. The number of carboxylic acid groups (broad SMARTS) is 1. The third kappa shape index (κ3) is 7.36. The summed E-state index contributed by atoms with van der Waals surface area (Å²) in [6.07, 6.45) is 1.73. The molecule has 12 heteroatoms. The van der Waals surface area contributed by atoms with Crippen molar-refractivity contribution in [1.29, 1.82) is 0 Å². The van der Waals surface area contributed by atoms with E-state index in [1.165, 1.54) is 0 Å². The zero-order valence-corrected chi connectivity index (χ0v) is 21.4. The quantitative estimate of drug-likeness (QED) is 0.378. The molecule has 1 unspecified atom stereocenters. The lowest BCUT2D eigenvalue weighted by molar-refractivity contribution is -0.141. The van der Waals surface area contributed by atoms with Crippen LogP contribution in [0.4, 0.5) is 4.79 Å². The predicted molar refractivity (Wildman–Crippen MR) is 138 cm³/mol. The second-order valence-corrected chi connectivity index (χ2v) is 9.84. The first kappa shape index (κ1) is 27.2. The van der Waals surface area contributed by atoms with Crippen molar-refractivity contribution in [3.05, 3.63) is 35.9 Å². The van der Waals surface area contributed by atoms with Crippen molar-refractivity contribution in [2.24, 2.45) is 16.8 Å². The Labute approximate surface area is 221 Å². The van der Waals surface area contributed by atoms with Gasteiger partial charge in [-0.3, -0.25) is 14.6 Å². The third-order valence-corrected chi connectivity index (χ3v) is 7.26. The molecule has 4 N–H and O–H groups in total. The summed E-state index contributed by atoms with van der Waals surface area (Å²) in [6, 6.07) is 7.70. The monoisotopic (exact) mass is 528 g/mol. The Balaban J connectivity index is 1.15. The molecule has 0 aliphatic carbocycles. The number of nitrogens with zero attached hydrogens (tertiary/aromatic N) is 3. The molecule has 3 amide bonds. The summed E-state index contributed by atoms with van der Waals surface area (Å²) in [7, 11) is 0. The first-order chi connectivity index (χ1) is 18.4. The van der Waals surface area contributed by atoms with Crippen molar-refractivity contribution < 1.29 is 29.0 Å². The number of benzene rings is 1. The Bertz CT molecular complexity index is 1020. The number of carbonyl (C=O) groups is 4. The molecule has 38 heavy (non-hydrogen) atoms. The van der Waals surface area contributed by atoms with Gasteiger partial charge in [0, 0.05) is 51.1 Å². The molecule has 4 rings (SSSR count). The molecule has 0 spiro atoms. The highest BCUT2D eigenvalue weighted by atomic mass is 16.5. The molecular formula is C26H36N6O6. The van der Waals surface area contributed by atoms with Crippen molar-refractivity contribution >= 4 is 29.8 Å². The molecule has 0 radical (unpaired) electrons. The zero-order chi connectivity index (χ0) is 26.9. The molecule has 3 heterocycles. The van der Waals surface area contributed by atoms with E-state index in [1.54, 1.807) is 24.3 Å². The van der Waals surface area contributed by atoms with E-state index in [1.807, 2.05) is 11.0 Å². The number of alkyl carbamates (subject to hydrolysis) is 1. The minimum Gasteiger partial charge on any atom is -0.480 e. The van der Waals surface area contributed by atoms with Crippen LogP contribution in [-0.4, -0.2) is 96.6 Å². The molecule has 2 saturated heterocycles. The van der Waals surface area contributed by atoms with Crippen LogP contribution in [0.15, 0.2) is 35.3 Å². The van der Waals surface area contributed by atoms with Gasteiger partial charge in [-0.05, 0) is 31.2 Å². The van der Waals surface area contributed by atoms with Crippen molar-refractivity contribution in [3.63, 3.8) is 0 Å². The van der Waals surface area contributed by atoms with Crippen molar-refractivity contribution in [1.82, 2.24) is 25.8 Å². The van der Waals surface area contributed by atoms with Gasteiger partial charge < -0.3 is 35.6 Å². The largest absolute Gasteiger partial charge is 0.480 e. The first-order valence-corrected chi connectivity index (χ1v) is 13.2. The molecule has 1 aromatic rings. The van der Waals surface area contributed by atoms with Crippen LogP contribution in [0, 0.1) is 11.8 Å². The zero-order valence-electron chi connectivity index (χ0n) is 21.4. The summed E-state index contributed by atoms with van der Waals surface area (Å²) in [5.41, 5.74) is 0.773. The van der Waals surface area contributed by atoms with Crippen LogP contribution in [0.2, 0.25) is 0 Å². The second-order valence-electron chi connectivity index (χ2n) is 9.84. The maximum Gasteiger partial charge on any atom is 0.408 e. The summed E-state index contributed by atoms with van der Waals surface area (Å²) in [5, 5.41) is 17.6. The number of ether oxygens (including phenoxy) is 1. The fraction of sp³-hybridized carbons (Fsp3) is 0.577. The summed E-state index contributed by atoms with van der Waals surface area (Å²) in [6.45, 7) is 4.02. The minimum atomic E-state index is -1.32. The molecule has 2 fully saturated rings. The number of guanidine groups is 1. The van der Waals surface area contributed by atoms with E-state index in [4.69, 9.17) is 4.74 Å². The Morgan fingerprint density at radius 3 is 2.34 bits per heavy atom. The third-order valence-electron chi connectivity index (χ3n) is 7.26. The maximum atomic E-state index is 13.0. The van der Waals surface area contributed by atoms with Gasteiger partial charge in [0.05, 0.1) is 6.54 Å². The SMILES string of the molecule is O=C(NC(CNC(=O)C1CCN(C(=O)C2CCN(C3=NCCN3)CC2)CC1)C(=O)O)OCc1ccccc1. The maximum absolute atomic E-state index is 13.0. The molecule has 1 aromatic carbocycles. The van der Waals surface area contributed by atoms with Crippen LogP contribution < -0.4 is 16.0 Å². The topological polar surface area (TPSA) is 153 Å². The van der Waals surface area contributed by atoms with Crippen molar-refractivity contribution in [2.75, 3.05) is 45.8 Å². The molecule has 0 aromatic heterocycles. The average molecular weight is 529 g/mol. The summed E-state index contributed by atoms with van der Waals surface area (Å²) in [4.78, 5) is 57.8. The molecule has 206 valence electrons. The fourth-order valence-corrected chi connectivity index (χ4v) is 5.01. The lowest BCUT2D eigenvalue weighted by Crippen LogP contribution is -2.51. The van der Waals surface area contributed by atoms with Gasteiger partial charge in [0.1, 0.15) is 12.6 Å². The van der Waals surface area contributed by atoms with E-state index >= 15 is 0 Å². The highest BCUT2D eigenvalue weighted by molar-refractivity contribution is 5.84. The summed E-state index contributed by atoms with van der Waals surface area (Å²) < 4.78 is 5.07. The second kappa shape index (κ2) is 13.1. The fourth-order valence-electron chi connectivity index (χ4n) is 5.01. The molecule has 12 nitrogen and oxygen atoms in total. The van der Waals surface area contributed by atoms with Gasteiger partial charge in [0.2, 0.25) is 11.8 Å². The number of aliphatic imine (C=N–C) groups is 1. The van der Waals surface area contributed by atoms with E-state index in [9.17, 15) is 24.3 Å². The standard InChI is InChI=1S/C26H36N6O6/c33-22(29-16-21(24(35)36)30-26(37)38-17-18-4-2-1-3-5-18)19-6-12-31(13-7-19)23(34)20-8-14-32(15-9-20)25-27-10-11-28-25/h1-5,19-21H,6-17H2,(H,27,28)(H,29,33)(H,30,37)(H,35,36). The number of carboxylic acids is 1. The Kier molecular flexibility index (Phi) is 9.39. The lowest BCUT2D eigenvalue weighted by Gasteiger charge is -2.37. The van der Waals surface area contributed by atoms with Crippen LogP contribution in [0.3, 0.4) is 0 Å². The number of hydrogen-bond acceptors (Lipinski definition) is 8. The van der Waals surface area contributed by atoms with E-state index in [0.29, 0.717) is 25.9 Å². The first-order valence-electron chi connectivity index (χ1n) is 13.2. The number of piperidine rings is 2. The van der Waals surface area contributed by atoms with Crippen LogP contribution in [0.25, 0.3) is 0 Å². The van der Waals surface area contributed by atoms with E-state index in [0.717, 1.165) is 50.5 Å². The lowest BCUT2D eigenvalue weighted by atomic mass is 9.91. The molecule has 3 aliphatic heterocycles. The van der Waals surface area contributed by atoms with E-state index in [-0.39, 0.29) is 36.8 Å². The highest BCUT2D eigenvalue weighted by Crippen LogP contribution is 2.24. The minimum absolute atomic E-state index is 0.00821. The molecule has 0 saturated carbocycles. The van der Waals surface area contributed by atoms with Gasteiger partial charge in [-0.15, -0.1) is 0 Å². The van der Waals surface area contributed by atoms with Crippen molar-refractivity contribution in [2.45, 2.75) is 38.3 Å². The number of carbonyl (C=O) groups excluding carboxylic acids is 3. The molecular weight excluding hydrogens is 492 g/mol. The summed E-state index contributed by atoms with van der Waals surface area (Å²) >= 11 is 0. The van der Waals surface area contributed by atoms with Gasteiger partial charge in [-0.25, -0.2) is 9.59 Å². The normalized spacial score (nSPS) is 19.2. The number of likely N-dealkylation sites (tertiary alicyclic amines) is 2. The van der Waals surface area contributed by atoms with Crippen molar-refractivity contribution in [3.8, 4) is 0 Å². The molecule has 3 aliphatic rings. The van der Waals surface area contributed by atoms with Gasteiger partial charge in [0.25, 0.3) is 0 Å². The van der Waals surface area contributed by atoms with Gasteiger partial charge >= 0.3 is 12.1 Å². The smallest absolute Gasteiger partial charge is 0.408 e. The average Bonchev–Trinajstić information content (AvgIpc) is 3.49. The summed E-state index contributed by atoms with van der Waals surface area (Å²) in [5.74, 6) is -0.791. The van der Waals surface area contributed by atoms with E-state index in [2.05, 4.69) is 25.8 Å². The Morgan fingerprint density at radius 2 is 1.71 bits per heavy atom. The molecule has 0 bridgehead atoms. The molecule has 1 atom stereocenters. The Hall–Kier alpha value is -3.83. The number of rotatable bonds is 8. The van der Waals surface area contributed by atoms with Crippen LogP contribution in [0.1, 0.15) is 31.2 Å². The van der Waals surface area contributed by atoms with Gasteiger partial charge in [0.15, 0.2) is 5.96 Å². The van der Waals surface area contributed by atoms with Gasteiger partial charge in [-0.2, -0.15) is 0 Å². The predicted octanol–water partition coefficient (Wildman–Crippen LogP) is 0.392. The highest BCUT2D eigenvalue weighted by Gasteiger charge is 2.34. The number of aliphatic carboxylic acids is 1. The van der Waals surface area contributed by atoms with Crippen LogP contribution >= 0.6 is 0 Å². The van der Waals surface area contributed by atoms with Crippen LogP contribution in [0.5, 0.6) is 0 Å². The number of nitrogens with one attached hydrogen (secondary N) is 3. The van der Waals surface area contributed by atoms with Crippen LogP contribution in [-0.2, 0) is 25.7 Å². The Morgan fingerprint density at radius 1 is 1.03 bits per heavy atom. The number of amides is 3.